The van der Waals surface area contributed by atoms with Gasteiger partial charge in [-0.15, -0.1) is 23.5 Å². The molecule has 1 aliphatic heterocycles. The minimum atomic E-state index is -0.488. The Morgan fingerprint density at radius 2 is 2.04 bits per heavy atom. The van der Waals surface area contributed by atoms with E-state index in [2.05, 4.69) is 11.4 Å². The van der Waals surface area contributed by atoms with E-state index in [0.29, 0.717) is 20.7 Å². The Labute approximate surface area is 175 Å². The zero-order chi connectivity index (χ0) is 19.5. The summed E-state index contributed by atoms with van der Waals surface area (Å²) in [5.74, 6) is 1.72. The number of aromatic nitrogens is 1. The number of aryl methyl sites for hydroxylation is 1. The molecule has 0 spiro atoms. The van der Waals surface area contributed by atoms with Gasteiger partial charge in [-0.05, 0) is 47.8 Å². The summed E-state index contributed by atoms with van der Waals surface area (Å²) < 4.78 is 7.08. The molecule has 0 bridgehead atoms. The van der Waals surface area contributed by atoms with Crippen LogP contribution in [-0.2, 0) is 11.3 Å². The second-order valence-corrected chi connectivity index (χ2v) is 9.64. The molecule has 146 valence electrons. The van der Waals surface area contributed by atoms with Crippen LogP contribution in [0.3, 0.4) is 0 Å². The number of hydrogen-bond donors (Lipinski definition) is 1. The van der Waals surface area contributed by atoms with Crippen molar-refractivity contribution in [3.8, 4) is 0 Å². The van der Waals surface area contributed by atoms with E-state index in [-0.39, 0.29) is 18.9 Å². The molecule has 0 radical (unpaired) electrons. The lowest BCUT2D eigenvalue weighted by Crippen LogP contribution is -2.19. The molecule has 1 aliphatic rings. The Kier molecular flexibility index (Phi) is 6.04. The third-order valence-electron chi connectivity index (χ3n) is 4.46. The smallest absolute Gasteiger partial charge is 0.408 e. The van der Waals surface area contributed by atoms with Crippen LogP contribution >= 0.6 is 35.1 Å². The molecule has 2 heterocycles. The molecule has 4 rings (SSSR count). The van der Waals surface area contributed by atoms with Gasteiger partial charge in [-0.1, -0.05) is 23.7 Å². The SMILES string of the molecule is O=C(CCn1c(=O)oc2cc(Cl)ccc21)Nc1cccc(C2SCCCS2)c1. The number of halogens is 1. The number of carbonyl (C=O) groups excluding carboxylic acids is 1. The van der Waals surface area contributed by atoms with Crippen molar-refractivity contribution in [1.29, 1.82) is 0 Å². The van der Waals surface area contributed by atoms with Crippen LogP contribution in [0.1, 0.15) is 23.0 Å². The van der Waals surface area contributed by atoms with Gasteiger partial charge in [0, 0.05) is 29.7 Å². The number of hydrogen-bond acceptors (Lipinski definition) is 5. The molecular formula is C20H19ClN2O3S2. The van der Waals surface area contributed by atoms with Crippen LogP contribution in [0, 0.1) is 0 Å². The quantitative estimate of drug-likeness (QED) is 0.601. The predicted octanol–water partition coefficient (Wildman–Crippen LogP) is 5.15. The van der Waals surface area contributed by atoms with Gasteiger partial charge >= 0.3 is 5.76 Å². The number of thioether (sulfide) groups is 2. The van der Waals surface area contributed by atoms with Crippen molar-refractivity contribution in [1.82, 2.24) is 4.57 Å². The number of oxazole rings is 1. The number of rotatable bonds is 5. The zero-order valence-electron chi connectivity index (χ0n) is 15.0. The first-order valence-corrected chi connectivity index (χ1v) is 11.5. The second-order valence-electron chi connectivity index (χ2n) is 6.48. The second kappa shape index (κ2) is 8.68. The number of anilines is 1. The molecular weight excluding hydrogens is 416 g/mol. The maximum atomic E-state index is 12.4. The van der Waals surface area contributed by atoms with Crippen LogP contribution in [-0.4, -0.2) is 22.0 Å². The maximum Gasteiger partial charge on any atom is 0.419 e. The fraction of sp³-hybridized carbons (Fsp3) is 0.300. The highest BCUT2D eigenvalue weighted by Gasteiger charge is 2.17. The van der Waals surface area contributed by atoms with E-state index in [1.807, 2.05) is 41.7 Å². The summed E-state index contributed by atoms with van der Waals surface area (Å²) in [6.45, 7) is 0.243. The Morgan fingerprint density at radius 1 is 1.21 bits per heavy atom. The topological polar surface area (TPSA) is 64.2 Å². The number of fused-ring (bicyclic) bond motifs is 1. The molecule has 3 aromatic rings. The highest BCUT2D eigenvalue weighted by molar-refractivity contribution is 8.16. The fourth-order valence-corrected chi connectivity index (χ4v) is 6.17. The molecule has 8 heteroatoms. The van der Waals surface area contributed by atoms with Crippen molar-refractivity contribution in [3.63, 3.8) is 0 Å². The molecule has 1 fully saturated rings. The van der Waals surface area contributed by atoms with Gasteiger partial charge in [0.15, 0.2) is 5.58 Å². The molecule has 1 amide bonds. The highest BCUT2D eigenvalue weighted by Crippen LogP contribution is 2.44. The molecule has 0 aliphatic carbocycles. The lowest BCUT2D eigenvalue weighted by atomic mass is 10.2. The molecule has 1 N–H and O–H groups in total. The van der Waals surface area contributed by atoms with E-state index in [1.54, 1.807) is 18.2 Å². The monoisotopic (exact) mass is 434 g/mol. The Hall–Kier alpha value is -1.83. The number of amides is 1. The molecule has 28 heavy (non-hydrogen) atoms. The average molecular weight is 435 g/mol. The van der Waals surface area contributed by atoms with Gasteiger partial charge in [0.05, 0.1) is 10.1 Å². The normalized spacial score (nSPS) is 15.0. The minimum absolute atomic E-state index is 0.142. The maximum absolute atomic E-state index is 12.4. The van der Waals surface area contributed by atoms with E-state index in [9.17, 15) is 9.59 Å². The fourth-order valence-electron chi connectivity index (χ4n) is 3.13. The highest BCUT2D eigenvalue weighted by atomic mass is 35.5. The number of carbonyl (C=O) groups is 1. The minimum Gasteiger partial charge on any atom is -0.408 e. The van der Waals surface area contributed by atoms with Gasteiger partial charge in [0.2, 0.25) is 5.91 Å². The Bertz CT molecular complexity index is 1060. The molecule has 0 unspecified atom stereocenters. The number of benzene rings is 2. The van der Waals surface area contributed by atoms with Crippen LogP contribution in [0.15, 0.2) is 51.7 Å². The average Bonchev–Trinajstić information content (AvgIpc) is 3.01. The van der Waals surface area contributed by atoms with Gasteiger partial charge < -0.3 is 9.73 Å². The molecule has 1 aromatic heterocycles. The predicted molar refractivity (Wildman–Crippen MR) is 117 cm³/mol. The third kappa shape index (κ3) is 4.42. The lowest BCUT2D eigenvalue weighted by Gasteiger charge is -2.21. The molecule has 2 aromatic carbocycles. The van der Waals surface area contributed by atoms with Crippen molar-refractivity contribution in [2.75, 3.05) is 16.8 Å². The Morgan fingerprint density at radius 3 is 2.86 bits per heavy atom. The van der Waals surface area contributed by atoms with Crippen molar-refractivity contribution in [2.45, 2.75) is 24.0 Å². The molecule has 0 atom stereocenters. The summed E-state index contributed by atoms with van der Waals surface area (Å²) in [6, 6.07) is 13.0. The largest absolute Gasteiger partial charge is 0.419 e. The summed E-state index contributed by atoms with van der Waals surface area (Å²) in [5.41, 5.74) is 3.07. The lowest BCUT2D eigenvalue weighted by molar-refractivity contribution is -0.116. The number of nitrogens with one attached hydrogen (secondary N) is 1. The van der Waals surface area contributed by atoms with Gasteiger partial charge in [-0.25, -0.2) is 4.79 Å². The van der Waals surface area contributed by atoms with Crippen LogP contribution in [0.2, 0.25) is 5.02 Å². The van der Waals surface area contributed by atoms with Crippen molar-refractivity contribution >= 4 is 57.8 Å². The van der Waals surface area contributed by atoms with Gasteiger partial charge in [-0.2, -0.15) is 0 Å². The molecule has 0 saturated carbocycles. The van der Waals surface area contributed by atoms with Crippen LogP contribution in [0.5, 0.6) is 0 Å². The van der Waals surface area contributed by atoms with Crippen LogP contribution < -0.4 is 11.1 Å². The van der Waals surface area contributed by atoms with Crippen molar-refractivity contribution in [2.24, 2.45) is 0 Å². The van der Waals surface area contributed by atoms with E-state index < -0.39 is 5.76 Å². The Balaban J connectivity index is 1.41. The summed E-state index contributed by atoms with van der Waals surface area (Å²) >= 11 is 9.83. The molecule has 5 nitrogen and oxygen atoms in total. The first kappa shape index (κ1) is 19.5. The van der Waals surface area contributed by atoms with E-state index in [0.717, 1.165) is 5.69 Å². The van der Waals surface area contributed by atoms with Gasteiger partial charge in [0.1, 0.15) is 0 Å². The standard InChI is InChI=1S/C20H19ClN2O3S2/c21-14-5-6-16-17(12-14)26-20(25)23(16)8-7-18(24)22-15-4-1-3-13(11-15)19-27-9-2-10-28-19/h1,3-6,11-12,19H,2,7-10H2,(H,22,24). The first-order chi connectivity index (χ1) is 13.6. The van der Waals surface area contributed by atoms with Crippen LogP contribution in [0.25, 0.3) is 11.1 Å². The summed E-state index contributed by atoms with van der Waals surface area (Å²) in [6.07, 6.45) is 1.42. The van der Waals surface area contributed by atoms with Crippen molar-refractivity contribution in [3.05, 3.63) is 63.6 Å². The zero-order valence-corrected chi connectivity index (χ0v) is 17.4. The summed E-state index contributed by atoms with van der Waals surface area (Å²) in [7, 11) is 0. The van der Waals surface area contributed by atoms with E-state index in [1.165, 1.54) is 28.1 Å². The van der Waals surface area contributed by atoms with Crippen molar-refractivity contribution < 1.29 is 9.21 Å². The van der Waals surface area contributed by atoms with Crippen LogP contribution in [0.4, 0.5) is 5.69 Å². The molecule has 1 saturated heterocycles. The van der Waals surface area contributed by atoms with E-state index >= 15 is 0 Å². The van der Waals surface area contributed by atoms with E-state index in [4.69, 9.17) is 16.0 Å². The summed E-state index contributed by atoms with van der Waals surface area (Å²) in [4.78, 5) is 24.5. The number of nitrogens with zero attached hydrogens (tertiary/aromatic N) is 1. The third-order valence-corrected chi connectivity index (χ3v) is 7.71. The first-order valence-electron chi connectivity index (χ1n) is 9.02. The summed E-state index contributed by atoms with van der Waals surface area (Å²) in [5, 5.41) is 3.44. The van der Waals surface area contributed by atoms with Gasteiger partial charge in [0.25, 0.3) is 0 Å². The van der Waals surface area contributed by atoms with Gasteiger partial charge in [-0.3, -0.25) is 9.36 Å².